The van der Waals surface area contributed by atoms with E-state index in [1.807, 2.05) is 0 Å². The van der Waals surface area contributed by atoms with Crippen molar-refractivity contribution in [1.82, 2.24) is 0 Å². The van der Waals surface area contributed by atoms with Crippen LogP contribution in [0.4, 0.5) is 21.5 Å². The summed E-state index contributed by atoms with van der Waals surface area (Å²) in [6.45, 7) is 1.31. The molecule has 9 nitrogen and oxygen atoms in total. The Hall–Kier alpha value is -2.78. The van der Waals surface area contributed by atoms with Gasteiger partial charge in [-0.15, -0.1) is 0 Å². The van der Waals surface area contributed by atoms with Crippen LogP contribution in [0.5, 0.6) is 0 Å². The SMILES string of the molecule is C[C@@H](Nc1cc(F)c([N+](=O)[O-])cc1[N+](=O)[O-])C(N)=O. The number of hydrogen-bond acceptors (Lipinski definition) is 6. The highest BCUT2D eigenvalue weighted by Crippen LogP contribution is 2.32. The van der Waals surface area contributed by atoms with Crippen LogP contribution in [0.3, 0.4) is 0 Å². The van der Waals surface area contributed by atoms with Gasteiger partial charge in [0.1, 0.15) is 11.7 Å². The fourth-order valence-corrected chi connectivity index (χ4v) is 1.26. The molecule has 1 aromatic rings. The van der Waals surface area contributed by atoms with Crippen LogP contribution in [-0.2, 0) is 4.79 Å². The minimum absolute atomic E-state index is 0.362. The lowest BCUT2D eigenvalue weighted by Gasteiger charge is -2.11. The van der Waals surface area contributed by atoms with Gasteiger partial charge >= 0.3 is 5.69 Å². The molecule has 0 saturated heterocycles. The summed E-state index contributed by atoms with van der Waals surface area (Å²) in [7, 11) is 0. The summed E-state index contributed by atoms with van der Waals surface area (Å²) in [6, 6.07) is 0.0562. The quantitative estimate of drug-likeness (QED) is 0.603. The van der Waals surface area contributed by atoms with E-state index < -0.39 is 39.0 Å². The molecule has 0 aliphatic heterocycles. The third-order valence-electron chi connectivity index (χ3n) is 2.26. The molecule has 1 amide bonds. The summed E-state index contributed by atoms with van der Waals surface area (Å²) in [5, 5.41) is 23.6. The molecule has 0 aromatic heterocycles. The maximum Gasteiger partial charge on any atom is 0.311 e. The number of carbonyl (C=O) groups excluding carboxylic acids is 1. The number of amides is 1. The van der Waals surface area contributed by atoms with Crippen LogP contribution >= 0.6 is 0 Å². The average Bonchev–Trinajstić information content (AvgIpc) is 2.27. The van der Waals surface area contributed by atoms with Gasteiger partial charge in [-0.25, -0.2) is 0 Å². The molecule has 0 fully saturated rings. The molecular weight excluding hydrogens is 263 g/mol. The smallest absolute Gasteiger partial charge is 0.311 e. The van der Waals surface area contributed by atoms with E-state index in [4.69, 9.17) is 5.73 Å². The van der Waals surface area contributed by atoms with Crippen LogP contribution in [0, 0.1) is 26.0 Å². The Morgan fingerprint density at radius 1 is 1.32 bits per heavy atom. The van der Waals surface area contributed by atoms with Crippen molar-refractivity contribution in [3.05, 3.63) is 38.2 Å². The average molecular weight is 272 g/mol. The van der Waals surface area contributed by atoms with Crippen LogP contribution in [-0.4, -0.2) is 21.8 Å². The highest BCUT2D eigenvalue weighted by Gasteiger charge is 2.26. The van der Waals surface area contributed by atoms with Gasteiger partial charge in [0.05, 0.1) is 15.9 Å². The maximum atomic E-state index is 13.4. The predicted octanol–water partition coefficient (Wildman–Crippen LogP) is 0.928. The van der Waals surface area contributed by atoms with Crippen molar-refractivity contribution in [3.63, 3.8) is 0 Å². The second-order valence-electron chi connectivity index (χ2n) is 3.60. The van der Waals surface area contributed by atoms with E-state index in [9.17, 15) is 29.4 Å². The first kappa shape index (κ1) is 14.3. The fourth-order valence-electron chi connectivity index (χ4n) is 1.26. The number of carbonyl (C=O) groups is 1. The molecule has 1 atom stereocenters. The Morgan fingerprint density at radius 3 is 2.26 bits per heavy atom. The molecule has 0 saturated carbocycles. The largest absolute Gasteiger partial charge is 0.368 e. The van der Waals surface area contributed by atoms with Gasteiger partial charge in [0.25, 0.3) is 5.69 Å². The molecule has 1 rings (SSSR count). The standard InChI is InChI=1S/C9H9FN4O5/c1-4(9(11)15)12-6-2-5(10)7(13(16)17)3-8(6)14(18)19/h2-4,12H,1H3,(H2,11,15)/t4-/m1/s1. The molecule has 0 bridgehead atoms. The van der Waals surface area contributed by atoms with Gasteiger partial charge in [0.2, 0.25) is 11.7 Å². The summed E-state index contributed by atoms with van der Waals surface area (Å²) in [6.07, 6.45) is 0. The van der Waals surface area contributed by atoms with E-state index in [-0.39, 0.29) is 5.69 Å². The molecule has 0 heterocycles. The van der Waals surface area contributed by atoms with Gasteiger partial charge in [-0.3, -0.25) is 25.0 Å². The second-order valence-corrected chi connectivity index (χ2v) is 3.60. The van der Waals surface area contributed by atoms with Crippen LogP contribution in [0.25, 0.3) is 0 Å². The van der Waals surface area contributed by atoms with Crippen LogP contribution < -0.4 is 11.1 Å². The zero-order chi connectivity index (χ0) is 14.7. The van der Waals surface area contributed by atoms with E-state index in [0.29, 0.717) is 12.1 Å². The number of nitrogens with zero attached hydrogens (tertiary/aromatic N) is 2. The van der Waals surface area contributed by atoms with Gasteiger partial charge < -0.3 is 11.1 Å². The molecule has 102 valence electrons. The molecule has 3 N–H and O–H groups in total. The lowest BCUT2D eigenvalue weighted by Crippen LogP contribution is -2.32. The first-order valence-corrected chi connectivity index (χ1v) is 4.92. The summed E-state index contributed by atoms with van der Waals surface area (Å²) in [5.74, 6) is -2.07. The topological polar surface area (TPSA) is 141 Å². The van der Waals surface area contributed by atoms with Crippen LogP contribution in [0.2, 0.25) is 0 Å². The molecule has 0 spiro atoms. The van der Waals surface area contributed by atoms with Crippen molar-refractivity contribution in [2.24, 2.45) is 5.73 Å². The Morgan fingerprint density at radius 2 is 1.84 bits per heavy atom. The Labute approximate surface area is 105 Å². The van der Waals surface area contributed by atoms with Crippen molar-refractivity contribution in [3.8, 4) is 0 Å². The normalized spacial score (nSPS) is 11.7. The first-order chi connectivity index (χ1) is 8.73. The van der Waals surface area contributed by atoms with E-state index in [1.54, 1.807) is 0 Å². The van der Waals surface area contributed by atoms with Crippen LogP contribution in [0.15, 0.2) is 12.1 Å². The first-order valence-electron chi connectivity index (χ1n) is 4.92. The molecule has 1 aromatic carbocycles. The van der Waals surface area contributed by atoms with Crippen molar-refractivity contribution < 1.29 is 19.0 Å². The van der Waals surface area contributed by atoms with Crippen molar-refractivity contribution in [2.75, 3.05) is 5.32 Å². The molecule has 0 unspecified atom stereocenters. The summed E-state index contributed by atoms with van der Waals surface area (Å²) >= 11 is 0. The molecule has 0 radical (unpaired) electrons. The third-order valence-corrected chi connectivity index (χ3v) is 2.26. The highest BCUT2D eigenvalue weighted by molar-refractivity contribution is 5.83. The number of rotatable bonds is 5. The minimum atomic E-state index is -1.25. The van der Waals surface area contributed by atoms with Gasteiger partial charge in [0, 0.05) is 6.07 Å². The molecular formula is C9H9FN4O5. The van der Waals surface area contributed by atoms with E-state index >= 15 is 0 Å². The van der Waals surface area contributed by atoms with E-state index in [2.05, 4.69) is 5.32 Å². The van der Waals surface area contributed by atoms with Crippen molar-refractivity contribution in [2.45, 2.75) is 13.0 Å². The molecule has 0 aliphatic rings. The maximum absolute atomic E-state index is 13.4. The lowest BCUT2D eigenvalue weighted by molar-refractivity contribution is -0.395. The fraction of sp³-hybridized carbons (Fsp3) is 0.222. The number of nitro benzene ring substituents is 2. The highest BCUT2D eigenvalue weighted by atomic mass is 19.1. The monoisotopic (exact) mass is 272 g/mol. The number of hydrogen-bond donors (Lipinski definition) is 2. The molecule has 10 heteroatoms. The lowest BCUT2D eigenvalue weighted by atomic mass is 10.2. The zero-order valence-electron chi connectivity index (χ0n) is 9.62. The predicted molar refractivity (Wildman–Crippen MR) is 62.0 cm³/mol. The Bertz CT molecular complexity index is 562. The van der Waals surface area contributed by atoms with E-state index in [1.165, 1.54) is 6.92 Å². The number of nitro groups is 2. The number of nitrogens with one attached hydrogen (secondary N) is 1. The van der Waals surface area contributed by atoms with Crippen LogP contribution in [0.1, 0.15) is 6.92 Å². The van der Waals surface area contributed by atoms with Crippen molar-refractivity contribution in [1.29, 1.82) is 0 Å². The minimum Gasteiger partial charge on any atom is -0.368 e. The molecule has 19 heavy (non-hydrogen) atoms. The summed E-state index contributed by atoms with van der Waals surface area (Å²) in [4.78, 5) is 30.1. The number of anilines is 1. The molecule has 0 aliphatic carbocycles. The van der Waals surface area contributed by atoms with Gasteiger partial charge in [0.15, 0.2) is 0 Å². The van der Waals surface area contributed by atoms with Gasteiger partial charge in [-0.1, -0.05) is 0 Å². The zero-order valence-corrected chi connectivity index (χ0v) is 9.62. The third kappa shape index (κ3) is 3.12. The number of halogens is 1. The Kier molecular flexibility index (Phi) is 3.94. The van der Waals surface area contributed by atoms with E-state index in [0.717, 1.165) is 0 Å². The van der Waals surface area contributed by atoms with Gasteiger partial charge in [-0.05, 0) is 6.92 Å². The Balaban J connectivity index is 3.31. The van der Waals surface area contributed by atoms with Crippen molar-refractivity contribution >= 4 is 23.0 Å². The second kappa shape index (κ2) is 5.25. The summed E-state index contributed by atoms with van der Waals surface area (Å²) < 4.78 is 13.4. The number of nitrogens with two attached hydrogens (primary N) is 1. The number of benzene rings is 1. The van der Waals surface area contributed by atoms with Gasteiger partial charge in [-0.2, -0.15) is 4.39 Å². The number of primary amides is 1. The summed E-state index contributed by atoms with van der Waals surface area (Å²) in [5.41, 5.74) is 2.85.